The summed E-state index contributed by atoms with van der Waals surface area (Å²) in [5, 5.41) is 11.4. The number of carbonyl (C=O) groups is 2. The molecule has 2 amide bonds. The number of anilines is 1. The minimum absolute atomic E-state index is 0.123. The first-order valence-electron chi connectivity index (χ1n) is 13.0. The number of aromatic nitrogens is 3. The van der Waals surface area contributed by atoms with Crippen molar-refractivity contribution >= 4 is 28.5 Å². The van der Waals surface area contributed by atoms with Crippen molar-refractivity contribution in [3.05, 3.63) is 77.9 Å². The van der Waals surface area contributed by atoms with Crippen LogP contribution in [0.2, 0.25) is 0 Å². The van der Waals surface area contributed by atoms with Crippen molar-refractivity contribution in [2.75, 3.05) is 25.7 Å². The minimum atomic E-state index is -0.947. The molecule has 204 valence electrons. The van der Waals surface area contributed by atoms with Crippen LogP contribution in [0.3, 0.4) is 0 Å². The molecule has 0 aliphatic carbocycles. The molecule has 1 heterocycles. The number of hydrogen-bond acceptors (Lipinski definition) is 6. The van der Waals surface area contributed by atoms with Crippen molar-refractivity contribution in [2.45, 2.75) is 39.8 Å². The Morgan fingerprint density at radius 3 is 2.28 bits per heavy atom. The second-order valence-electron chi connectivity index (χ2n) is 9.86. The maximum atomic E-state index is 14.2. The molecule has 0 fully saturated rings. The van der Waals surface area contributed by atoms with Gasteiger partial charge >= 0.3 is 0 Å². The van der Waals surface area contributed by atoms with Crippen LogP contribution in [0.4, 0.5) is 5.69 Å². The highest BCUT2D eigenvalue weighted by atomic mass is 16.5. The average molecular weight is 530 g/mol. The number of benzene rings is 3. The summed E-state index contributed by atoms with van der Waals surface area (Å²) >= 11 is 0. The number of para-hydroxylation sites is 1. The topological polar surface area (TPSA) is 98.6 Å². The quantitative estimate of drug-likeness (QED) is 0.303. The molecular weight excluding hydrogens is 494 g/mol. The second kappa shape index (κ2) is 12.4. The zero-order valence-corrected chi connectivity index (χ0v) is 23.0. The molecule has 0 aliphatic rings. The van der Waals surface area contributed by atoms with E-state index >= 15 is 0 Å². The third kappa shape index (κ3) is 6.54. The number of amides is 2. The van der Waals surface area contributed by atoms with E-state index < -0.39 is 6.04 Å². The van der Waals surface area contributed by atoms with Gasteiger partial charge < -0.3 is 14.8 Å². The van der Waals surface area contributed by atoms with Crippen LogP contribution >= 0.6 is 0 Å². The van der Waals surface area contributed by atoms with Gasteiger partial charge in [-0.1, -0.05) is 61.0 Å². The van der Waals surface area contributed by atoms with Gasteiger partial charge in [0.15, 0.2) is 0 Å². The number of nitrogens with one attached hydrogen (secondary N) is 1. The van der Waals surface area contributed by atoms with Gasteiger partial charge in [0.1, 0.15) is 29.6 Å². The summed E-state index contributed by atoms with van der Waals surface area (Å²) in [6, 6.07) is 19.3. The fourth-order valence-electron chi connectivity index (χ4n) is 4.35. The van der Waals surface area contributed by atoms with Crippen LogP contribution in [0, 0.1) is 12.8 Å². The lowest BCUT2D eigenvalue weighted by atomic mass is 10.0. The summed E-state index contributed by atoms with van der Waals surface area (Å²) in [5.41, 5.74) is 3.60. The Morgan fingerprint density at radius 2 is 1.64 bits per heavy atom. The molecule has 4 rings (SSSR count). The monoisotopic (exact) mass is 529 g/mol. The number of fused-ring (bicyclic) bond motifs is 1. The van der Waals surface area contributed by atoms with Gasteiger partial charge in [-0.3, -0.25) is 14.5 Å². The molecule has 0 radical (unpaired) electrons. The van der Waals surface area contributed by atoms with Gasteiger partial charge in [0, 0.05) is 24.7 Å². The predicted molar refractivity (Wildman–Crippen MR) is 151 cm³/mol. The van der Waals surface area contributed by atoms with Gasteiger partial charge in [-0.2, -0.15) is 0 Å². The molecule has 0 saturated heterocycles. The van der Waals surface area contributed by atoms with Gasteiger partial charge in [0.25, 0.3) is 0 Å². The number of aryl methyl sites for hydroxylation is 1. The number of hydrogen-bond donors (Lipinski definition) is 1. The maximum Gasteiger partial charge on any atom is 0.249 e. The standard InChI is InChI=1S/C30H35N5O4/c1-20(2)14-15-31-30(37)29(22-12-10-21(3)11-13-22)35(23-16-24(38-4)18-25(17-23)39-5)28(36)19-34-27-9-7-6-8-26(27)32-33-34/h6-13,16-18,20,29H,14-15,19H2,1-5H3,(H,31,37)/t29-/m1/s1. The molecule has 1 atom stereocenters. The molecule has 0 unspecified atom stereocenters. The maximum absolute atomic E-state index is 14.2. The molecule has 1 N–H and O–H groups in total. The van der Waals surface area contributed by atoms with Crippen molar-refractivity contribution in [1.29, 1.82) is 0 Å². The Labute approximate surface area is 228 Å². The van der Waals surface area contributed by atoms with Crippen molar-refractivity contribution in [2.24, 2.45) is 5.92 Å². The van der Waals surface area contributed by atoms with Gasteiger partial charge in [0.05, 0.1) is 25.4 Å². The molecule has 9 heteroatoms. The molecule has 0 aliphatic heterocycles. The predicted octanol–water partition coefficient (Wildman–Crippen LogP) is 4.69. The molecule has 9 nitrogen and oxygen atoms in total. The fraction of sp³-hybridized carbons (Fsp3) is 0.333. The number of rotatable bonds is 11. The lowest BCUT2D eigenvalue weighted by molar-refractivity contribution is -0.127. The zero-order valence-electron chi connectivity index (χ0n) is 23.0. The Balaban J connectivity index is 1.83. The first-order chi connectivity index (χ1) is 18.8. The fourth-order valence-corrected chi connectivity index (χ4v) is 4.35. The molecule has 0 spiro atoms. The minimum Gasteiger partial charge on any atom is -0.497 e. The molecule has 1 aromatic heterocycles. The highest BCUT2D eigenvalue weighted by molar-refractivity contribution is 6.02. The van der Waals surface area contributed by atoms with Crippen molar-refractivity contribution in [1.82, 2.24) is 20.3 Å². The molecule has 3 aromatic carbocycles. The number of ether oxygens (including phenoxy) is 2. The van der Waals surface area contributed by atoms with Crippen LogP contribution in [0.25, 0.3) is 11.0 Å². The van der Waals surface area contributed by atoms with E-state index in [2.05, 4.69) is 29.5 Å². The van der Waals surface area contributed by atoms with E-state index in [4.69, 9.17) is 9.47 Å². The summed E-state index contributed by atoms with van der Waals surface area (Å²) in [6.45, 7) is 6.56. The Bertz CT molecular complexity index is 1410. The third-order valence-corrected chi connectivity index (χ3v) is 6.51. The number of carbonyl (C=O) groups excluding carboxylic acids is 2. The van der Waals surface area contributed by atoms with E-state index in [0.29, 0.717) is 40.7 Å². The van der Waals surface area contributed by atoms with Crippen LogP contribution in [-0.2, 0) is 16.1 Å². The Kier molecular flexibility index (Phi) is 8.81. The summed E-state index contributed by atoms with van der Waals surface area (Å²) in [4.78, 5) is 29.5. The van der Waals surface area contributed by atoms with Crippen molar-refractivity contribution in [3.8, 4) is 11.5 Å². The second-order valence-corrected chi connectivity index (χ2v) is 9.86. The Morgan fingerprint density at radius 1 is 0.974 bits per heavy atom. The van der Waals surface area contributed by atoms with Crippen LogP contribution in [0.5, 0.6) is 11.5 Å². The SMILES string of the molecule is COc1cc(OC)cc(N(C(=O)Cn2nnc3ccccc32)[C@@H](C(=O)NCCC(C)C)c2ccc(C)cc2)c1. The normalized spacial score (nSPS) is 11.8. The van der Waals surface area contributed by atoms with E-state index in [-0.39, 0.29) is 18.4 Å². The largest absolute Gasteiger partial charge is 0.497 e. The lowest BCUT2D eigenvalue weighted by Gasteiger charge is -2.32. The van der Waals surface area contributed by atoms with Gasteiger partial charge in [0.2, 0.25) is 11.8 Å². The summed E-state index contributed by atoms with van der Waals surface area (Å²) in [5.74, 6) is 0.792. The van der Waals surface area contributed by atoms with E-state index in [1.54, 1.807) is 37.1 Å². The van der Waals surface area contributed by atoms with Crippen molar-refractivity contribution in [3.63, 3.8) is 0 Å². The highest BCUT2D eigenvalue weighted by Crippen LogP contribution is 2.34. The summed E-state index contributed by atoms with van der Waals surface area (Å²) in [6.07, 6.45) is 0.818. The average Bonchev–Trinajstić information content (AvgIpc) is 3.34. The van der Waals surface area contributed by atoms with Crippen LogP contribution in [0.1, 0.15) is 37.4 Å². The van der Waals surface area contributed by atoms with Crippen molar-refractivity contribution < 1.29 is 19.1 Å². The lowest BCUT2D eigenvalue weighted by Crippen LogP contribution is -2.45. The molecule has 0 saturated carbocycles. The first kappa shape index (κ1) is 27.6. The van der Waals surface area contributed by atoms with Gasteiger partial charge in [-0.25, -0.2) is 4.68 Å². The third-order valence-electron chi connectivity index (χ3n) is 6.51. The van der Waals surface area contributed by atoms with E-state index in [9.17, 15) is 9.59 Å². The number of nitrogens with zero attached hydrogens (tertiary/aromatic N) is 4. The van der Waals surface area contributed by atoms with E-state index in [1.807, 2.05) is 55.5 Å². The van der Waals surface area contributed by atoms with Crippen LogP contribution in [0.15, 0.2) is 66.7 Å². The van der Waals surface area contributed by atoms with Crippen LogP contribution in [-0.4, -0.2) is 47.6 Å². The van der Waals surface area contributed by atoms with Gasteiger partial charge in [-0.05, 0) is 37.0 Å². The van der Waals surface area contributed by atoms with E-state index in [1.165, 1.54) is 4.90 Å². The first-order valence-corrected chi connectivity index (χ1v) is 13.0. The van der Waals surface area contributed by atoms with Gasteiger partial charge in [-0.15, -0.1) is 5.10 Å². The molecular formula is C30H35N5O4. The molecule has 4 aromatic rings. The molecule has 0 bridgehead atoms. The Hall–Kier alpha value is -4.40. The smallest absolute Gasteiger partial charge is 0.249 e. The summed E-state index contributed by atoms with van der Waals surface area (Å²) in [7, 11) is 3.09. The van der Waals surface area contributed by atoms with E-state index in [0.717, 1.165) is 17.5 Å². The van der Waals surface area contributed by atoms with Crippen LogP contribution < -0.4 is 19.7 Å². The number of methoxy groups -OCH3 is 2. The highest BCUT2D eigenvalue weighted by Gasteiger charge is 2.34. The summed E-state index contributed by atoms with van der Waals surface area (Å²) < 4.78 is 12.5. The molecule has 39 heavy (non-hydrogen) atoms. The zero-order chi connectivity index (χ0) is 27.9.